The van der Waals surface area contributed by atoms with Crippen LogP contribution in [0.15, 0.2) is 24.3 Å². The standard InChI is InChI=1S/C17H25NO5/c1-11(15(19)18-14(10-22-5)16(20)21)23-13-8-6-12(7-9-13)17(2,3)4/h6-9,11,14H,10H2,1-5H3,(H,18,19)(H,20,21). The van der Waals surface area contributed by atoms with Gasteiger partial charge in [-0.05, 0) is 30.0 Å². The van der Waals surface area contributed by atoms with Crippen LogP contribution >= 0.6 is 0 Å². The van der Waals surface area contributed by atoms with E-state index < -0.39 is 24.0 Å². The van der Waals surface area contributed by atoms with Crippen LogP contribution in [0, 0.1) is 0 Å². The molecule has 0 bridgehead atoms. The number of ether oxygens (including phenoxy) is 2. The minimum atomic E-state index is -1.15. The Morgan fingerprint density at radius 2 is 1.78 bits per heavy atom. The van der Waals surface area contributed by atoms with Crippen LogP contribution in [0.25, 0.3) is 0 Å². The van der Waals surface area contributed by atoms with Crippen LogP contribution in [0.3, 0.4) is 0 Å². The predicted molar refractivity (Wildman–Crippen MR) is 86.7 cm³/mol. The summed E-state index contributed by atoms with van der Waals surface area (Å²) in [5, 5.41) is 11.4. The lowest BCUT2D eigenvalue weighted by molar-refractivity contribution is -0.144. The third-order valence-corrected chi connectivity index (χ3v) is 3.35. The topological polar surface area (TPSA) is 84.9 Å². The number of benzene rings is 1. The highest BCUT2D eigenvalue weighted by Crippen LogP contribution is 2.24. The molecule has 23 heavy (non-hydrogen) atoms. The van der Waals surface area contributed by atoms with E-state index in [2.05, 4.69) is 26.1 Å². The van der Waals surface area contributed by atoms with Crippen molar-refractivity contribution >= 4 is 11.9 Å². The molecule has 0 radical (unpaired) electrons. The molecule has 1 aromatic rings. The summed E-state index contributed by atoms with van der Waals surface area (Å²) in [6.07, 6.45) is -0.811. The molecule has 2 unspecified atom stereocenters. The number of methoxy groups -OCH3 is 1. The molecule has 1 rings (SSSR count). The van der Waals surface area contributed by atoms with Gasteiger partial charge in [-0.15, -0.1) is 0 Å². The number of aliphatic carboxylic acids is 1. The van der Waals surface area contributed by atoms with Gasteiger partial charge in [0.15, 0.2) is 12.1 Å². The number of hydrogen-bond donors (Lipinski definition) is 2. The minimum Gasteiger partial charge on any atom is -0.481 e. The molecule has 2 atom stereocenters. The van der Waals surface area contributed by atoms with Crippen molar-refractivity contribution in [1.29, 1.82) is 0 Å². The fraction of sp³-hybridized carbons (Fsp3) is 0.529. The quantitative estimate of drug-likeness (QED) is 0.801. The number of carboxylic acid groups (broad SMARTS) is 1. The van der Waals surface area contributed by atoms with Crippen molar-refractivity contribution in [1.82, 2.24) is 5.32 Å². The van der Waals surface area contributed by atoms with Gasteiger partial charge < -0.3 is 19.9 Å². The van der Waals surface area contributed by atoms with E-state index in [4.69, 9.17) is 14.6 Å². The first kappa shape index (κ1) is 19.0. The summed E-state index contributed by atoms with van der Waals surface area (Å²) < 4.78 is 10.3. The number of rotatable bonds is 7. The minimum absolute atomic E-state index is 0.0381. The first-order valence-corrected chi connectivity index (χ1v) is 7.44. The monoisotopic (exact) mass is 323 g/mol. The number of nitrogens with one attached hydrogen (secondary N) is 1. The maximum Gasteiger partial charge on any atom is 0.328 e. The third-order valence-electron chi connectivity index (χ3n) is 3.35. The van der Waals surface area contributed by atoms with E-state index in [-0.39, 0.29) is 12.0 Å². The van der Waals surface area contributed by atoms with Crippen LogP contribution in [-0.4, -0.2) is 42.8 Å². The molecule has 0 saturated heterocycles. The Balaban J connectivity index is 2.66. The van der Waals surface area contributed by atoms with E-state index in [1.54, 1.807) is 19.1 Å². The van der Waals surface area contributed by atoms with Crippen molar-refractivity contribution in [2.24, 2.45) is 0 Å². The maximum absolute atomic E-state index is 12.0. The van der Waals surface area contributed by atoms with E-state index >= 15 is 0 Å². The lowest BCUT2D eigenvalue weighted by atomic mass is 9.87. The zero-order chi connectivity index (χ0) is 17.6. The van der Waals surface area contributed by atoms with E-state index in [1.165, 1.54) is 7.11 Å². The predicted octanol–water partition coefficient (Wildman–Crippen LogP) is 1.97. The molecule has 1 amide bonds. The van der Waals surface area contributed by atoms with E-state index in [0.717, 1.165) is 5.56 Å². The zero-order valence-electron chi connectivity index (χ0n) is 14.3. The molecule has 1 aromatic carbocycles. The van der Waals surface area contributed by atoms with Gasteiger partial charge in [0.1, 0.15) is 5.75 Å². The van der Waals surface area contributed by atoms with Gasteiger partial charge in [-0.3, -0.25) is 4.79 Å². The summed E-state index contributed by atoms with van der Waals surface area (Å²) >= 11 is 0. The lowest BCUT2D eigenvalue weighted by Gasteiger charge is -2.21. The highest BCUT2D eigenvalue weighted by molar-refractivity contribution is 5.86. The lowest BCUT2D eigenvalue weighted by Crippen LogP contribution is -2.48. The molecular formula is C17H25NO5. The van der Waals surface area contributed by atoms with Gasteiger partial charge in [-0.25, -0.2) is 4.79 Å². The van der Waals surface area contributed by atoms with Crippen molar-refractivity contribution in [2.45, 2.75) is 45.3 Å². The van der Waals surface area contributed by atoms with Crippen molar-refractivity contribution in [3.8, 4) is 5.75 Å². The molecule has 0 aliphatic carbocycles. The second kappa shape index (κ2) is 7.97. The molecule has 0 saturated carbocycles. The second-order valence-electron chi connectivity index (χ2n) is 6.39. The average molecular weight is 323 g/mol. The van der Waals surface area contributed by atoms with Crippen LogP contribution in [0.1, 0.15) is 33.3 Å². The molecule has 0 heterocycles. The van der Waals surface area contributed by atoms with Gasteiger partial charge in [0, 0.05) is 7.11 Å². The fourth-order valence-electron chi connectivity index (χ4n) is 1.92. The summed E-state index contributed by atoms with van der Waals surface area (Å²) in [4.78, 5) is 23.0. The summed E-state index contributed by atoms with van der Waals surface area (Å²) in [7, 11) is 1.37. The number of amides is 1. The number of carboxylic acids is 1. The average Bonchev–Trinajstić information content (AvgIpc) is 2.46. The zero-order valence-corrected chi connectivity index (χ0v) is 14.3. The SMILES string of the molecule is COCC(NC(=O)C(C)Oc1ccc(C(C)(C)C)cc1)C(=O)O. The summed E-state index contributed by atoms with van der Waals surface area (Å²) in [5.41, 5.74) is 1.20. The van der Waals surface area contributed by atoms with Crippen molar-refractivity contribution in [3.05, 3.63) is 29.8 Å². The number of carbonyl (C=O) groups excluding carboxylic acids is 1. The van der Waals surface area contributed by atoms with Gasteiger partial charge in [-0.2, -0.15) is 0 Å². The number of hydrogen-bond acceptors (Lipinski definition) is 4. The number of carbonyl (C=O) groups is 2. The highest BCUT2D eigenvalue weighted by atomic mass is 16.5. The summed E-state index contributed by atoms with van der Waals surface area (Å²) in [5.74, 6) is -1.10. The van der Waals surface area contributed by atoms with Crippen molar-refractivity contribution in [2.75, 3.05) is 13.7 Å². The van der Waals surface area contributed by atoms with Gasteiger partial charge in [-0.1, -0.05) is 32.9 Å². The molecule has 0 aliphatic heterocycles. The Hall–Kier alpha value is -2.08. The third kappa shape index (κ3) is 5.90. The van der Waals surface area contributed by atoms with Gasteiger partial charge in [0.05, 0.1) is 6.61 Å². The highest BCUT2D eigenvalue weighted by Gasteiger charge is 2.24. The Bertz CT molecular complexity index is 533. The molecule has 0 aromatic heterocycles. The van der Waals surface area contributed by atoms with Crippen LogP contribution in [0.5, 0.6) is 5.75 Å². The maximum atomic E-state index is 12.0. The molecule has 128 valence electrons. The normalized spacial score (nSPS) is 14.0. The summed E-state index contributed by atoms with van der Waals surface area (Å²) in [6.45, 7) is 7.80. The van der Waals surface area contributed by atoms with Crippen LogP contribution < -0.4 is 10.1 Å². The molecular weight excluding hydrogens is 298 g/mol. The second-order valence-corrected chi connectivity index (χ2v) is 6.39. The van der Waals surface area contributed by atoms with Crippen LogP contribution in [-0.2, 0) is 19.7 Å². The van der Waals surface area contributed by atoms with Crippen molar-refractivity contribution < 1.29 is 24.2 Å². The molecule has 0 fully saturated rings. The Morgan fingerprint density at radius 3 is 2.22 bits per heavy atom. The van der Waals surface area contributed by atoms with Crippen LogP contribution in [0.2, 0.25) is 0 Å². The molecule has 2 N–H and O–H groups in total. The smallest absolute Gasteiger partial charge is 0.328 e. The van der Waals surface area contributed by atoms with E-state index in [9.17, 15) is 9.59 Å². The Kier molecular flexibility index (Phi) is 6.57. The Labute approximate surface area is 136 Å². The first-order chi connectivity index (χ1) is 10.6. The molecule has 0 spiro atoms. The molecule has 6 nitrogen and oxygen atoms in total. The van der Waals surface area contributed by atoms with Gasteiger partial charge >= 0.3 is 5.97 Å². The fourth-order valence-corrected chi connectivity index (χ4v) is 1.92. The van der Waals surface area contributed by atoms with Crippen molar-refractivity contribution in [3.63, 3.8) is 0 Å². The summed E-state index contributed by atoms with van der Waals surface area (Å²) in [6, 6.07) is 6.40. The molecule has 6 heteroatoms. The van der Waals surface area contributed by atoms with Gasteiger partial charge in [0.2, 0.25) is 0 Å². The van der Waals surface area contributed by atoms with Crippen LogP contribution in [0.4, 0.5) is 0 Å². The molecule has 0 aliphatic rings. The van der Waals surface area contributed by atoms with Gasteiger partial charge in [0.25, 0.3) is 5.91 Å². The largest absolute Gasteiger partial charge is 0.481 e. The van der Waals surface area contributed by atoms with E-state index in [1.807, 2.05) is 12.1 Å². The Morgan fingerprint density at radius 1 is 1.22 bits per heavy atom. The first-order valence-electron chi connectivity index (χ1n) is 7.44. The van der Waals surface area contributed by atoms with E-state index in [0.29, 0.717) is 5.75 Å².